The van der Waals surface area contributed by atoms with Crippen LogP contribution < -0.4 is 10.6 Å². The average Bonchev–Trinajstić information content (AvgIpc) is 2.98. The van der Waals surface area contributed by atoms with Crippen molar-refractivity contribution in [2.75, 3.05) is 25.5 Å². The maximum atomic E-state index is 13.1. The number of nitrogens with zero attached hydrogens (tertiary/aromatic N) is 2. The summed E-state index contributed by atoms with van der Waals surface area (Å²) in [4.78, 5) is 52.8. The number of nitrogens with one attached hydrogen (secondary N) is 2. The minimum atomic E-state index is -0.902. The Morgan fingerprint density at radius 2 is 1.81 bits per heavy atom. The third-order valence-electron chi connectivity index (χ3n) is 7.26. The van der Waals surface area contributed by atoms with Crippen molar-refractivity contribution in [1.29, 1.82) is 0 Å². The molecule has 2 fully saturated rings. The molecule has 0 atom stereocenters. The average molecular weight is 443 g/mol. The number of likely N-dealkylation sites (N-methyl/N-ethyl adjacent to an activating group) is 1. The normalized spacial score (nSPS) is 23.2. The van der Waals surface area contributed by atoms with Gasteiger partial charge in [-0.05, 0) is 49.1 Å². The van der Waals surface area contributed by atoms with Gasteiger partial charge in [-0.25, -0.2) is 4.79 Å². The molecule has 0 aromatic heterocycles. The van der Waals surface area contributed by atoms with Gasteiger partial charge in [-0.2, -0.15) is 0 Å². The molecule has 0 bridgehead atoms. The van der Waals surface area contributed by atoms with E-state index in [0.717, 1.165) is 24.2 Å². The van der Waals surface area contributed by atoms with Gasteiger partial charge >= 0.3 is 6.03 Å². The molecule has 3 rings (SSSR count). The van der Waals surface area contributed by atoms with Crippen molar-refractivity contribution in [1.82, 2.24) is 15.1 Å². The molecule has 0 radical (unpaired) electrons. The molecule has 8 heteroatoms. The van der Waals surface area contributed by atoms with Gasteiger partial charge < -0.3 is 15.5 Å². The Bertz CT molecular complexity index is 875. The van der Waals surface area contributed by atoms with Crippen LogP contribution in [0.2, 0.25) is 0 Å². The molecule has 1 spiro atoms. The lowest BCUT2D eigenvalue weighted by Crippen LogP contribution is -2.51. The molecule has 1 aliphatic heterocycles. The van der Waals surface area contributed by atoms with E-state index < -0.39 is 17.5 Å². The van der Waals surface area contributed by atoms with Gasteiger partial charge in [-0.3, -0.25) is 19.3 Å². The third-order valence-corrected chi connectivity index (χ3v) is 7.26. The van der Waals surface area contributed by atoms with Crippen molar-refractivity contribution in [3.8, 4) is 0 Å². The lowest BCUT2D eigenvalue weighted by atomic mass is 9.65. The van der Waals surface area contributed by atoms with Crippen LogP contribution in [0.1, 0.15) is 52.9 Å². The van der Waals surface area contributed by atoms with Crippen molar-refractivity contribution in [3.63, 3.8) is 0 Å². The number of urea groups is 1. The molecule has 32 heavy (non-hydrogen) atoms. The van der Waals surface area contributed by atoms with Crippen molar-refractivity contribution in [2.45, 2.75) is 58.4 Å². The molecule has 5 amide bonds. The molecule has 1 saturated heterocycles. The van der Waals surface area contributed by atoms with Gasteiger partial charge in [-0.1, -0.05) is 45.4 Å². The zero-order valence-corrected chi connectivity index (χ0v) is 19.4. The smallest absolute Gasteiger partial charge is 0.325 e. The number of hydrogen-bond acceptors (Lipinski definition) is 4. The van der Waals surface area contributed by atoms with Crippen LogP contribution in [0, 0.1) is 11.3 Å². The predicted octanol–water partition coefficient (Wildman–Crippen LogP) is 3.00. The van der Waals surface area contributed by atoms with Gasteiger partial charge in [0.25, 0.3) is 5.91 Å². The topological polar surface area (TPSA) is 98.8 Å². The first-order valence-electron chi connectivity index (χ1n) is 11.3. The number of rotatable bonds is 7. The highest BCUT2D eigenvalue weighted by Crippen LogP contribution is 2.45. The fraction of sp³-hybridized carbons (Fsp3) is 0.583. The van der Waals surface area contributed by atoms with Crippen LogP contribution in [0.15, 0.2) is 30.3 Å². The molecule has 1 aromatic rings. The Hall–Kier alpha value is -2.90. The zero-order chi connectivity index (χ0) is 23.5. The van der Waals surface area contributed by atoms with Crippen LogP contribution >= 0.6 is 0 Å². The maximum Gasteiger partial charge on any atom is 0.325 e. The Morgan fingerprint density at radius 3 is 2.41 bits per heavy atom. The summed E-state index contributed by atoms with van der Waals surface area (Å²) >= 11 is 0. The largest absolute Gasteiger partial charge is 0.335 e. The van der Waals surface area contributed by atoms with Gasteiger partial charge in [0.05, 0.1) is 6.54 Å². The van der Waals surface area contributed by atoms with E-state index in [1.54, 1.807) is 24.3 Å². The highest BCUT2D eigenvalue weighted by molar-refractivity contribution is 6.09. The summed E-state index contributed by atoms with van der Waals surface area (Å²) in [6, 6.07) is 8.42. The number of carbonyl (C=O) groups excluding carboxylic acids is 4. The van der Waals surface area contributed by atoms with Crippen LogP contribution in [0.5, 0.6) is 0 Å². The summed E-state index contributed by atoms with van der Waals surface area (Å²) in [7, 11) is 1.49. The molecule has 174 valence electrons. The van der Waals surface area contributed by atoms with E-state index in [1.807, 2.05) is 6.07 Å². The van der Waals surface area contributed by atoms with E-state index in [0.29, 0.717) is 24.4 Å². The Labute approximate surface area is 189 Å². The number of hydrogen-bond donors (Lipinski definition) is 2. The first-order chi connectivity index (χ1) is 15.1. The van der Waals surface area contributed by atoms with E-state index in [-0.39, 0.29) is 30.3 Å². The van der Waals surface area contributed by atoms with E-state index in [1.165, 1.54) is 11.9 Å². The summed E-state index contributed by atoms with van der Waals surface area (Å²) in [5.41, 5.74) is -0.0661. The molecule has 0 unspecified atom stereocenters. The quantitative estimate of drug-likeness (QED) is 0.634. The molecular formula is C24H34N4O4. The summed E-state index contributed by atoms with van der Waals surface area (Å²) < 4.78 is 0. The number of anilines is 1. The van der Waals surface area contributed by atoms with Gasteiger partial charge in [0.1, 0.15) is 12.1 Å². The van der Waals surface area contributed by atoms with Gasteiger partial charge in [0.2, 0.25) is 11.8 Å². The monoisotopic (exact) mass is 442 g/mol. The second-order valence-electron chi connectivity index (χ2n) is 9.68. The van der Waals surface area contributed by atoms with Gasteiger partial charge in [0, 0.05) is 12.7 Å². The number of imide groups is 1. The SMILES string of the molecule is CCC(C)(C)C1CCC2(CC1)NC(=O)N(CC(=O)N(C)CC(=O)Nc1ccccc1)C2=O. The van der Waals surface area contributed by atoms with Crippen LogP contribution in [0.3, 0.4) is 0 Å². The standard InChI is InChI=1S/C24H34N4O4/c1-5-23(2,3)17-11-13-24(14-12-17)21(31)28(22(32)26-24)16-20(30)27(4)15-19(29)25-18-9-7-6-8-10-18/h6-10,17H,5,11-16H2,1-4H3,(H,25,29)(H,26,32). The van der Waals surface area contributed by atoms with Crippen LogP contribution in [-0.4, -0.2) is 59.2 Å². The van der Waals surface area contributed by atoms with Crippen molar-refractivity contribution in [3.05, 3.63) is 30.3 Å². The number of benzene rings is 1. The summed E-state index contributed by atoms with van der Waals surface area (Å²) in [5, 5.41) is 5.58. The molecule has 1 heterocycles. The Kier molecular flexibility index (Phi) is 6.91. The van der Waals surface area contributed by atoms with Crippen LogP contribution in [-0.2, 0) is 14.4 Å². The van der Waals surface area contributed by atoms with E-state index in [9.17, 15) is 19.2 Å². The fourth-order valence-corrected chi connectivity index (χ4v) is 4.62. The van der Waals surface area contributed by atoms with Crippen molar-refractivity contribution in [2.24, 2.45) is 11.3 Å². The Balaban J connectivity index is 1.56. The molecule has 1 aliphatic carbocycles. The lowest BCUT2D eigenvalue weighted by molar-refractivity contribution is -0.140. The maximum absolute atomic E-state index is 13.1. The molecule has 2 aliphatic rings. The predicted molar refractivity (Wildman–Crippen MR) is 122 cm³/mol. The lowest BCUT2D eigenvalue weighted by Gasteiger charge is -2.42. The van der Waals surface area contributed by atoms with E-state index in [4.69, 9.17) is 0 Å². The Morgan fingerprint density at radius 1 is 1.19 bits per heavy atom. The van der Waals surface area contributed by atoms with Crippen LogP contribution in [0.4, 0.5) is 10.5 Å². The first-order valence-corrected chi connectivity index (χ1v) is 11.3. The van der Waals surface area contributed by atoms with Crippen molar-refractivity contribution >= 4 is 29.4 Å². The molecule has 1 saturated carbocycles. The second kappa shape index (κ2) is 9.30. The molecule has 1 aromatic carbocycles. The van der Waals surface area contributed by atoms with Gasteiger partial charge in [-0.15, -0.1) is 0 Å². The van der Waals surface area contributed by atoms with Crippen molar-refractivity contribution < 1.29 is 19.2 Å². The molecule has 8 nitrogen and oxygen atoms in total. The van der Waals surface area contributed by atoms with Crippen LogP contribution in [0.25, 0.3) is 0 Å². The molecular weight excluding hydrogens is 408 g/mol. The number of para-hydroxylation sites is 1. The number of amides is 5. The minimum Gasteiger partial charge on any atom is -0.335 e. The zero-order valence-electron chi connectivity index (χ0n) is 19.4. The summed E-state index contributed by atoms with van der Waals surface area (Å²) in [5.74, 6) is -0.634. The second-order valence-corrected chi connectivity index (χ2v) is 9.68. The summed E-state index contributed by atoms with van der Waals surface area (Å²) in [6.07, 6.45) is 3.98. The van der Waals surface area contributed by atoms with E-state index >= 15 is 0 Å². The van der Waals surface area contributed by atoms with Gasteiger partial charge in [0.15, 0.2) is 0 Å². The minimum absolute atomic E-state index is 0.170. The highest BCUT2D eigenvalue weighted by atomic mass is 16.2. The number of carbonyl (C=O) groups is 4. The highest BCUT2D eigenvalue weighted by Gasteiger charge is 2.53. The first kappa shape index (κ1) is 23.8. The van der Waals surface area contributed by atoms with E-state index in [2.05, 4.69) is 31.4 Å². The molecule has 2 N–H and O–H groups in total. The fourth-order valence-electron chi connectivity index (χ4n) is 4.62. The third kappa shape index (κ3) is 4.95. The summed E-state index contributed by atoms with van der Waals surface area (Å²) in [6.45, 7) is 6.14.